The van der Waals surface area contributed by atoms with Gasteiger partial charge in [-0.1, -0.05) is 51.3 Å². The molecule has 4 heteroatoms. The second kappa shape index (κ2) is 11.1. The Morgan fingerprint density at radius 1 is 1.22 bits per heavy atom. The van der Waals surface area contributed by atoms with Gasteiger partial charge in [-0.15, -0.1) is 0 Å². The number of carbonyl (C=O) groups excluding carboxylic acids is 1. The zero-order valence-corrected chi connectivity index (χ0v) is 14.4. The largest absolute Gasteiger partial charge is 0.508 e. The zero-order valence-electron chi connectivity index (χ0n) is 14.4. The summed E-state index contributed by atoms with van der Waals surface area (Å²) in [4.78, 5) is 12.1. The highest BCUT2D eigenvalue weighted by Crippen LogP contribution is 2.21. The normalized spacial score (nSPS) is 13.5. The summed E-state index contributed by atoms with van der Waals surface area (Å²) in [5.41, 5.74) is 0.772. The number of phenolic OH excluding ortho intramolecular Hbond substituents is 1. The highest BCUT2D eigenvalue weighted by molar-refractivity contribution is 5.76. The zero-order chi connectivity index (χ0) is 17.1. The van der Waals surface area contributed by atoms with Crippen LogP contribution < -0.4 is 5.32 Å². The fraction of sp³-hybridized carbons (Fsp3) is 0.632. The van der Waals surface area contributed by atoms with Crippen LogP contribution in [-0.2, 0) is 11.2 Å². The van der Waals surface area contributed by atoms with Gasteiger partial charge in [-0.25, -0.2) is 0 Å². The van der Waals surface area contributed by atoms with Crippen LogP contribution in [0.4, 0.5) is 0 Å². The summed E-state index contributed by atoms with van der Waals surface area (Å²) in [6.45, 7) is 4.98. The number of para-hydroxylation sites is 1. The molecule has 0 heterocycles. The summed E-state index contributed by atoms with van der Waals surface area (Å²) in [5.74, 6) is 0.565. The topological polar surface area (TPSA) is 69.6 Å². The van der Waals surface area contributed by atoms with Gasteiger partial charge < -0.3 is 15.5 Å². The molecule has 2 unspecified atom stereocenters. The standard InChI is InChI=1S/C19H31NO3/c1-3-5-8-15(4-2)13-20-19(23)12-16(14-21)11-17-9-6-7-10-18(17)22/h6-7,9-10,15-16,21-22H,3-5,8,11-14H2,1-2H3,(H,20,23). The molecule has 1 aromatic carbocycles. The lowest BCUT2D eigenvalue weighted by atomic mass is 9.95. The quantitative estimate of drug-likeness (QED) is 0.586. The molecular formula is C19H31NO3. The Labute approximate surface area is 139 Å². The van der Waals surface area contributed by atoms with Gasteiger partial charge in [-0.3, -0.25) is 4.79 Å². The molecule has 4 nitrogen and oxygen atoms in total. The lowest BCUT2D eigenvalue weighted by molar-refractivity contribution is -0.122. The third-order valence-corrected chi connectivity index (χ3v) is 4.36. The minimum atomic E-state index is -0.168. The van der Waals surface area contributed by atoms with Gasteiger partial charge in [-0.05, 0) is 36.3 Å². The molecule has 0 radical (unpaired) electrons. The van der Waals surface area contributed by atoms with Crippen molar-refractivity contribution < 1.29 is 15.0 Å². The van der Waals surface area contributed by atoms with Crippen LogP contribution in [0.1, 0.15) is 51.5 Å². The van der Waals surface area contributed by atoms with Crippen LogP contribution in [0.25, 0.3) is 0 Å². The molecule has 0 spiro atoms. The first kappa shape index (κ1) is 19.5. The van der Waals surface area contributed by atoms with Crippen LogP contribution in [-0.4, -0.2) is 29.3 Å². The Hall–Kier alpha value is -1.55. The molecular weight excluding hydrogens is 290 g/mol. The van der Waals surface area contributed by atoms with Gasteiger partial charge in [0.15, 0.2) is 0 Å². The lowest BCUT2D eigenvalue weighted by Crippen LogP contribution is -2.31. The minimum Gasteiger partial charge on any atom is -0.508 e. The number of aliphatic hydroxyl groups is 1. The first-order valence-electron chi connectivity index (χ1n) is 8.75. The van der Waals surface area contributed by atoms with Crippen LogP contribution in [0.3, 0.4) is 0 Å². The van der Waals surface area contributed by atoms with Gasteiger partial charge in [0.05, 0.1) is 0 Å². The highest BCUT2D eigenvalue weighted by atomic mass is 16.3. The molecule has 0 saturated heterocycles. The Bertz CT molecular complexity index is 462. The third-order valence-electron chi connectivity index (χ3n) is 4.36. The van der Waals surface area contributed by atoms with E-state index in [4.69, 9.17) is 0 Å². The van der Waals surface area contributed by atoms with Crippen molar-refractivity contribution in [1.82, 2.24) is 5.32 Å². The smallest absolute Gasteiger partial charge is 0.220 e. The molecule has 0 aliphatic heterocycles. The maximum Gasteiger partial charge on any atom is 0.220 e. The van der Waals surface area contributed by atoms with Crippen LogP contribution in [0, 0.1) is 11.8 Å². The van der Waals surface area contributed by atoms with Crippen molar-refractivity contribution in [3.8, 4) is 5.75 Å². The highest BCUT2D eigenvalue weighted by Gasteiger charge is 2.16. The van der Waals surface area contributed by atoms with Crippen LogP contribution in [0.2, 0.25) is 0 Å². The van der Waals surface area contributed by atoms with E-state index in [1.807, 2.05) is 12.1 Å². The van der Waals surface area contributed by atoms with E-state index in [0.717, 1.165) is 18.4 Å². The van der Waals surface area contributed by atoms with E-state index in [9.17, 15) is 15.0 Å². The number of hydrogen-bond donors (Lipinski definition) is 3. The number of phenols is 1. The van der Waals surface area contributed by atoms with E-state index in [1.165, 1.54) is 12.8 Å². The number of amides is 1. The summed E-state index contributed by atoms with van der Waals surface area (Å²) in [6, 6.07) is 7.07. The molecule has 0 aliphatic rings. The molecule has 2 atom stereocenters. The Morgan fingerprint density at radius 3 is 2.57 bits per heavy atom. The molecule has 0 fully saturated rings. The van der Waals surface area contributed by atoms with Crippen molar-refractivity contribution >= 4 is 5.91 Å². The number of benzene rings is 1. The van der Waals surface area contributed by atoms with E-state index < -0.39 is 0 Å². The molecule has 0 saturated carbocycles. The predicted octanol–water partition coefficient (Wildman–Crippen LogP) is 3.27. The fourth-order valence-corrected chi connectivity index (χ4v) is 2.73. The van der Waals surface area contributed by atoms with Gasteiger partial charge in [0, 0.05) is 19.6 Å². The third kappa shape index (κ3) is 7.51. The van der Waals surface area contributed by atoms with Crippen LogP contribution in [0.5, 0.6) is 5.75 Å². The number of rotatable bonds is 11. The summed E-state index contributed by atoms with van der Waals surface area (Å²) >= 11 is 0. The predicted molar refractivity (Wildman–Crippen MR) is 93.3 cm³/mol. The van der Waals surface area contributed by atoms with Gasteiger partial charge in [0.2, 0.25) is 5.91 Å². The number of aliphatic hydroxyl groups excluding tert-OH is 1. The van der Waals surface area contributed by atoms with Crippen molar-refractivity contribution in [1.29, 1.82) is 0 Å². The summed E-state index contributed by atoms with van der Waals surface area (Å²) < 4.78 is 0. The van der Waals surface area contributed by atoms with Gasteiger partial charge >= 0.3 is 0 Å². The summed E-state index contributed by atoms with van der Waals surface area (Å²) in [7, 11) is 0. The molecule has 0 bridgehead atoms. The first-order chi connectivity index (χ1) is 11.1. The average Bonchev–Trinajstić information content (AvgIpc) is 2.56. The second-order valence-electron chi connectivity index (χ2n) is 6.31. The Morgan fingerprint density at radius 2 is 1.96 bits per heavy atom. The Kier molecular flexibility index (Phi) is 9.37. The van der Waals surface area contributed by atoms with Crippen molar-refractivity contribution in [2.24, 2.45) is 11.8 Å². The summed E-state index contributed by atoms with van der Waals surface area (Å²) in [6.07, 6.45) is 5.38. The maximum atomic E-state index is 12.1. The maximum absolute atomic E-state index is 12.1. The molecule has 0 aromatic heterocycles. The molecule has 3 N–H and O–H groups in total. The monoisotopic (exact) mass is 321 g/mol. The fourth-order valence-electron chi connectivity index (χ4n) is 2.73. The van der Waals surface area contributed by atoms with E-state index >= 15 is 0 Å². The van der Waals surface area contributed by atoms with E-state index in [-0.39, 0.29) is 30.6 Å². The molecule has 1 aromatic rings. The van der Waals surface area contributed by atoms with Crippen molar-refractivity contribution in [3.05, 3.63) is 29.8 Å². The van der Waals surface area contributed by atoms with E-state index in [1.54, 1.807) is 12.1 Å². The number of hydrogen-bond acceptors (Lipinski definition) is 3. The van der Waals surface area contributed by atoms with E-state index in [2.05, 4.69) is 19.2 Å². The van der Waals surface area contributed by atoms with Crippen LogP contribution in [0.15, 0.2) is 24.3 Å². The van der Waals surface area contributed by atoms with Crippen LogP contribution >= 0.6 is 0 Å². The summed E-state index contributed by atoms with van der Waals surface area (Å²) in [5, 5.41) is 22.3. The molecule has 130 valence electrons. The Balaban J connectivity index is 2.42. The number of carbonyl (C=O) groups is 1. The first-order valence-corrected chi connectivity index (χ1v) is 8.75. The van der Waals surface area contributed by atoms with Crippen molar-refractivity contribution in [2.75, 3.05) is 13.2 Å². The van der Waals surface area contributed by atoms with Crippen molar-refractivity contribution in [2.45, 2.75) is 52.4 Å². The van der Waals surface area contributed by atoms with Gasteiger partial charge in [0.25, 0.3) is 0 Å². The van der Waals surface area contributed by atoms with E-state index in [0.29, 0.717) is 18.9 Å². The lowest BCUT2D eigenvalue weighted by Gasteiger charge is -2.18. The van der Waals surface area contributed by atoms with Gasteiger partial charge in [0.1, 0.15) is 5.75 Å². The number of nitrogens with one attached hydrogen (secondary N) is 1. The SMILES string of the molecule is CCCCC(CC)CNC(=O)CC(CO)Cc1ccccc1O. The number of aromatic hydroxyl groups is 1. The molecule has 23 heavy (non-hydrogen) atoms. The molecule has 0 aliphatic carbocycles. The van der Waals surface area contributed by atoms with Gasteiger partial charge in [-0.2, -0.15) is 0 Å². The average molecular weight is 321 g/mol. The second-order valence-corrected chi connectivity index (χ2v) is 6.31. The molecule has 1 rings (SSSR count). The molecule has 1 amide bonds. The number of unbranched alkanes of at least 4 members (excludes halogenated alkanes) is 1. The minimum absolute atomic E-state index is 0.0191. The van der Waals surface area contributed by atoms with Crippen molar-refractivity contribution in [3.63, 3.8) is 0 Å².